The minimum atomic E-state index is -4.75. The summed E-state index contributed by atoms with van der Waals surface area (Å²) in [5.74, 6) is 0.158. The Morgan fingerprint density at radius 1 is 0.577 bits per heavy atom. The van der Waals surface area contributed by atoms with E-state index >= 15 is 0 Å². The number of fused-ring (bicyclic) bond motifs is 2. The van der Waals surface area contributed by atoms with Gasteiger partial charge in [0.15, 0.2) is 0 Å². The summed E-state index contributed by atoms with van der Waals surface area (Å²) in [6.07, 6.45) is -9.59. The molecule has 2 heterocycles. The number of alkyl halides is 6. The Bertz CT molecular complexity index is 2900. The predicted octanol–water partition coefficient (Wildman–Crippen LogP) is 13.3. The van der Waals surface area contributed by atoms with Crippen LogP contribution < -0.4 is 20.7 Å². The van der Waals surface area contributed by atoms with Gasteiger partial charge in [-0.15, -0.1) is 0 Å². The summed E-state index contributed by atoms with van der Waals surface area (Å²) in [5, 5.41) is 0.569. The van der Waals surface area contributed by atoms with Crippen LogP contribution in [0.4, 0.5) is 26.3 Å². The average molecular weight is 991 g/mol. The molecule has 71 heavy (non-hydrogen) atoms. The number of carbonyl (C=O) groups excluding carboxylic acids is 1. The molecule has 0 aliphatic carbocycles. The Hall–Kier alpha value is -6.03. The fraction of sp³-hybridized carbons (Fsp3) is 0.436. The highest BCUT2D eigenvalue weighted by molar-refractivity contribution is 6.14. The molecule has 9 nitrogen and oxygen atoms in total. The second-order valence-corrected chi connectivity index (χ2v) is 22.2. The molecule has 0 aliphatic heterocycles. The first-order valence-corrected chi connectivity index (χ1v) is 23.2. The molecule has 6 aromatic rings. The predicted molar refractivity (Wildman–Crippen MR) is 265 cm³/mol. The maximum atomic E-state index is 14.2. The van der Waals surface area contributed by atoms with E-state index in [1.54, 1.807) is 0 Å². The van der Waals surface area contributed by atoms with Gasteiger partial charge >= 0.3 is 29.6 Å². The van der Waals surface area contributed by atoms with Gasteiger partial charge in [0.2, 0.25) is 0 Å². The van der Waals surface area contributed by atoms with Crippen molar-refractivity contribution in [1.29, 1.82) is 0 Å². The number of carbonyl (C=O) groups is 1. The van der Waals surface area contributed by atoms with Crippen LogP contribution in [0.5, 0.6) is 11.5 Å². The zero-order valence-electron chi connectivity index (χ0n) is 42.4. The van der Waals surface area contributed by atoms with Crippen LogP contribution in [-0.2, 0) is 26.6 Å². The standard InChI is InChI=1S/C55H61BF6O9/c1-31-13-17-38(42(21-31)54(57,58)59)40-25-33-23-35(15-19-44(33)68-46(40)63)66-27-37(70-53(12,56)30-51(9,10)71-48(65)52(11,50(6,7)8)29-49(3,4)5)28-67-36-16-20-45-34(24-36)26-41(47(64)69-45)39-18-14-32(2)22-43(39)55(60,61)62/h13-26,37H,27-30,56H2,1-12H3. The van der Waals surface area contributed by atoms with Gasteiger partial charge in [0.1, 0.15) is 55.4 Å². The molecule has 0 aliphatic rings. The molecule has 0 amide bonds. The molecule has 0 radical (unpaired) electrons. The first kappa shape index (κ1) is 54.3. The third kappa shape index (κ3) is 13.1. The topological polar surface area (TPSA) is 114 Å². The molecule has 0 N–H and O–H groups in total. The van der Waals surface area contributed by atoms with Crippen molar-refractivity contribution >= 4 is 35.8 Å². The van der Waals surface area contributed by atoms with Crippen molar-refractivity contribution in [1.82, 2.24) is 0 Å². The number of benzene rings is 4. The first-order chi connectivity index (χ1) is 32.5. The third-order valence-electron chi connectivity index (χ3n) is 12.5. The van der Waals surface area contributed by atoms with Crippen LogP contribution in [0.2, 0.25) is 0 Å². The van der Waals surface area contributed by atoms with Gasteiger partial charge in [-0.05, 0) is 119 Å². The molecule has 0 fully saturated rings. The molecule has 2 aromatic heterocycles. The maximum absolute atomic E-state index is 14.2. The lowest BCUT2D eigenvalue weighted by molar-refractivity contribution is -0.183. The Kier molecular flexibility index (Phi) is 14.9. The summed E-state index contributed by atoms with van der Waals surface area (Å²) in [5.41, 5.74) is -7.69. The highest BCUT2D eigenvalue weighted by Crippen LogP contribution is 2.48. The number of aryl methyl sites for hydroxylation is 2. The lowest BCUT2D eigenvalue weighted by atomic mass is 9.61. The maximum Gasteiger partial charge on any atom is 0.417 e. The quantitative estimate of drug-likeness (QED) is 0.0429. The van der Waals surface area contributed by atoms with Gasteiger partial charge in [0, 0.05) is 33.8 Å². The average Bonchev–Trinajstić information content (AvgIpc) is 3.22. The second-order valence-electron chi connectivity index (χ2n) is 22.2. The highest BCUT2D eigenvalue weighted by Gasteiger charge is 2.50. The molecule has 4 aromatic carbocycles. The van der Waals surface area contributed by atoms with Crippen molar-refractivity contribution in [2.24, 2.45) is 16.2 Å². The molecular weight excluding hydrogens is 929 g/mol. The zero-order chi connectivity index (χ0) is 52.9. The summed E-state index contributed by atoms with van der Waals surface area (Å²) in [6.45, 7) is 22.4. The number of ether oxygens (including phenoxy) is 4. The Morgan fingerprint density at radius 3 is 1.38 bits per heavy atom. The number of hydrogen-bond donors (Lipinski definition) is 0. The van der Waals surface area contributed by atoms with Crippen LogP contribution in [0.1, 0.15) is 104 Å². The Labute approximate surface area is 410 Å². The van der Waals surface area contributed by atoms with Crippen LogP contribution in [-0.4, -0.2) is 44.2 Å². The molecule has 380 valence electrons. The van der Waals surface area contributed by atoms with Crippen LogP contribution in [0.3, 0.4) is 0 Å². The van der Waals surface area contributed by atoms with E-state index in [9.17, 15) is 40.7 Å². The van der Waals surface area contributed by atoms with Crippen LogP contribution in [0, 0.1) is 30.1 Å². The number of hydrogen-bond acceptors (Lipinski definition) is 9. The van der Waals surface area contributed by atoms with Gasteiger partial charge in [0.05, 0.1) is 27.7 Å². The molecule has 2 atom stereocenters. The summed E-state index contributed by atoms with van der Waals surface area (Å²) >= 11 is 0. The van der Waals surface area contributed by atoms with Crippen molar-refractivity contribution in [3.63, 3.8) is 0 Å². The molecule has 16 heteroatoms. The number of rotatable bonds is 15. The molecule has 2 unspecified atom stereocenters. The highest BCUT2D eigenvalue weighted by atomic mass is 19.4. The second kappa shape index (κ2) is 19.5. The SMILES string of the molecule is BC(C)(CC(C)(C)OC(=O)C(C)(CC(C)(C)C)C(C)(C)C)OC(COc1ccc2oc(=O)c(-c3ccc(C)cc3C(F)(F)F)cc2c1)COc1ccc2oc(=O)c(-c3ccc(C)cc3C(F)(F)F)cc2c1. The van der Waals surface area contributed by atoms with Gasteiger partial charge in [0.25, 0.3) is 0 Å². The van der Waals surface area contributed by atoms with Gasteiger partial charge in [-0.2, -0.15) is 26.3 Å². The largest absolute Gasteiger partial charge is 0.491 e. The summed E-state index contributed by atoms with van der Waals surface area (Å²) in [4.78, 5) is 40.3. The summed E-state index contributed by atoms with van der Waals surface area (Å²) in [7, 11) is 1.83. The summed E-state index contributed by atoms with van der Waals surface area (Å²) < 4.78 is 121. The first-order valence-electron chi connectivity index (χ1n) is 23.2. The molecule has 0 bridgehead atoms. The van der Waals surface area contributed by atoms with E-state index < -0.39 is 62.8 Å². The summed E-state index contributed by atoms with van der Waals surface area (Å²) in [6, 6.07) is 19.0. The van der Waals surface area contributed by atoms with E-state index in [0.717, 1.165) is 12.1 Å². The molecule has 0 spiro atoms. The smallest absolute Gasteiger partial charge is 0.417 e. The van der Waals surface area contributed by atoms with E-state index in [1.807, 2.05) is 56.3 Å². The Balaban J connectivity index is 1.31. The van der Waals surface area contributed by atoms with E-state index in [4.69, 9.17) is 27.8 Å². The van der Waals surface area contributed by atoms with Crippen molar-refractivity contribution in [3.8, 4) is 33.8 Å². The molecular formula is C55H61BF6O9. The van der Waals surface area contributed by atoms with Crippen molar-refractivity contribution in [2.75, 3.05) is 13.2 Å². The fourth-order valence-corrected chi connectivity index (χ4v) is 9.13. The van der Waals surface area contributed by atoms with E-state index in [0.29, 0.717) is 17.5 Å². The van der Waals surface area contributed by atoms with Gasteiger partial charge in [-0.25, -0.2) is 9.59 Å². The van der Waals surface area contributed by atoms with E-state index in [-0.39, 0.29) is 86.7 Å². The van der Waals surface area contributed by atoms with Crippen molar-refractivity contribution in [3.05, 3.63) is 128 Å². The fourth-order valence-electron chi connectivity index (χ4n) is 9.13. The normalized spacial score (nSPS) is 14.6. The lowest BCUT2D eigenvalue weighted by Gasteiger charge is -2.46. The molecule has 0 saturated heterocycles. The number of halogens is 6. The van der Waals surface area contributed by atoms with Gasteiger partial charge < -0.3 is 27.8 Å². The van der Waals surface area contributed by atoms with Crippen molar-refractivity contribution < 1.29 is 58.9 Å². The van der Waals surface area contributed by atoms with Gasteiger partial charge in [-0.1, -0.05) is 76.9 Å². The van der Waals surface area contributed by atoms with Gasteiger partial charge in [-0.3, -0.25) is 4.79 Å². The third-order valence-corrected chi connectivity index (χ3v) is 12.5. The minimum absolute atomic E-state index is 0.109. The zero-order valence-corrected chi connectivity index (χ0v) is 42.4. The van der Waals surface area contributed by atoms with Crippen LogP contribution >= 0.6 is 0 Å². The number of esters is 1. The van der Waals surface area contributed by atoms with E-state index in [2.05, 4.69) is 20.8 Å². The van der Waals surface area contributed by atoms with Crippen LogP contribution in [0.25, 0.3) is 44.2 Å². The molecule has 6 rings (SSSR count). The van der Waals surface area contributed by atoms with E-state index in [1.165, 1.54) is 86.6 Å². The lowest BCUT2D eigenvalue weighted by Crippen LogP contribution is -2.50. The Morgan fingerprint density at radius 2 is 1.00 bits per heavy atom. The van der Waals surface area contributed by atoms with Crippen LogP contribution in [0.15, 0.2) is 103 Å². The van der Waals surface area contributed by atoms with Crippen molar-refractivity contribution in [2.45, 2.75) is 125 Å². The minimum Gasteiger partial charge on any atom is -0.491 e. The molecule has 0 saturated carbocycles. The monoisotopic (exact) mass is 990 g/mol.